The highest BCUT2D eigenvalue weighted by Crippen LogP contribution is 2.42. The topological polar surface area (TPSA) is 47.3 Å². The molecule has 0 spiro atoms. The summed E-state index contributed by atoms with van der Waals surface area (Å²) >= 11 is 0. The molecule has 2 fully saturated rings. The van der Waals surface area contributed by atoms with E-state index in [2.05, 4.69) is 17.9 Å². The summed E-state index contributed by atoms with van der Waals surface area (Å²) < 4.78 is 0. The molecular weight excluding hydrogens is 272 g/mol. The summed E-state index contributed by atoms with van der Waals surface area (Å²) in [7, 11) is 0. The molecule has 1 saturated carbocycles. The van der Waals surface area contributed by atoms with Gasteiger partial charge in [-0.05, 0) is 24.8 Å². The monoisotopic (exact) mass is 298 g/mol. The van der Waals surface area contributed by atoms with Gasteiger partial charge in [0.2, 0.25) is 0 Å². The van der Waals surface area contributed by atoms with Crippen molar-refractivity contribution in [2.75, 3.05) is 13.1 Å². The molecule has 118 valence electrons. The molecule has 0 aromatic heterocycles. The number of likely N-dealkylation sites (tertiary alicyclic amines) is 1. The minimum Gasteiger partial charge on any atom is -0.385 e. The maximum Gasteiger partial charge on any atom is 0.109 e. The molecule has 1 aliphatic heterocycles. The van der Waals surface area contributed by atoms with Crippen LogP contribution in [0.2, 0.25) is 0 Å². The Kier molecular flexibility index (Phi) is 4.25. The number of rotatable bonds is 2. The smallest absolute Gasteiger partial charge is 0.109 e. The Morgan fingerprint density at radius 2 is 1.82 bits per heavy atom. The molecule has 1 aromatic carbocycles. The maximum atomic E-state index is 11.2. The Morgan fingerprint density at radius 1 is 1.14 bits per heavy atom. The normalized spacial score (nSPS) is 32.3. The van der Waals surface area contributed by atoms with Gasteiger partial charge in [0.1, 0.15) is 5.54 Å². The summed E-state index contributed by atoms with van der Waals surface area (Å²) in [6.07, 6.45) is 6.24. The van der Waals surface area contributed by atoms with Crippen LogP contribution < -0.4 is 0 Å². The SMILES string of the molecule is C[C@@H]1CN(C2(C#N)CCCCC2)CC[C@@]1(O)c1ccccc1. The van der Waals surface area contributed by atoms with Crippen molar-refractivity contribution in [1.82, 2.24) is 4.90 Å². The maximum absolute atomic E-state index is 11.2. The van der Waals surface area contributed by atoms with Crippen LogP contribution in [0.1, 0.15) is 51.0 Å². The van der Waals surface area contributed by atoms with Crippen molar-refractivity contribution in [3.05, 3.63) is 35.9 Å². The highest BCUT2D eigenvalue weighted by molar-refractivity contribution is 5.25. The summed E-state index contributed by atoms with van der Waals surface area (Å²) in [5.74, 6) is 0.135. The molecule has 3 rings (SSSR count). The van der Waals surface area contributed by atoms with E-state index in [-0.39, 0.29) is 11.5 Å². The standard InChI is InChI=1S/C19H26N2O/c1-16-14-21(18(15-20)10-6-3-7-11-18)13-12-19(16,22)17-8-4-2-5-9-17/h2,4-5,8-9,16,22H,3,6-7,10-14H2,1H3/t16-,19+/m1/s1. The molecule has 1 aliphatic carbocycles. The number of nitrogens with zero attached hydrogens (tertiary/aromatic N) is 2. The first-order valence-corrected chi connectivity index (χ1v) is 8.55. The molecule has 2 aliphatic rings. The molecule has 2 atom stereocenters. The van der Waals surface area contributed by atoms with E-state index in [1.165, 1.54) is 6.42 Å². The predicted octanol–water partition coefficient (Wildman–Crippen LogP) is 3.44. The number of hydrogen-bond donors (Lipinski definition) is 1. The van der Waals surface area contributed by atoms with Crippen molar-refractivity contribution >= 4 is 0 Å². The molecule has 1 saturated heterocycles. The molecule has 1 heterocycles. The molecular formula is C19H26N2O. The lowest BCUT2D eigenvalue weighted by atomic mass is 9.73. The van der Waals surface area contributed by atoms with Gasteiger partial charge in [-0.1, -0.05) is 56.5 Å². The molecule has 0 unspecified atom stereocenters. The summed E-state index contributed by atoms with van der Waals surface area (Å²) in [5, 5.41) is 20.9. The lowest BCUT2D eigenvalue weighted by molar-refractivity contribution is -0.0922. The van der Waals surface area contributed by atoms with Crippen LogP contribution in [-0.2, 0) is 5.60 Å². The zero-order valence-electron chi connectivity index (χ0n) is 13.5. The van der Waals surface area contributed by atoms with E-state index in [4.69, 9.17) is 0 Å². The van der Waals surface area contributed by atoms with Gasteiger partial charge in [0.15, 0.2) is 0 Å². The lowest BCUT2D eigenvalue weighted by Crippen LogP contribution is -2.58. The highest BCUT2D eigenvalue weighted by atomic mass is 16.3. The van der Waals surface area contributed by atoms with Gasteiger partial charge in [0.05, 0.1) is 11.7 Å². The second-order valence-electron chi connectivity index (χ2n) is 7.09. The number of benzene rings is 1. The zero-order valence-corrected chi connectivity index (χ0v) is 13.5. The molecule has 0 radical (unpaired) electrons. The molecule has 0 amide bonds. The Balaban J connectivity index is 1.79. The molecule has 3 nitrogen and oxygen atoms in total. The number of aliphatic hydroxyl groups is 1. The van der Waals surface area contributed by atoms with Crippen molar-refractivity contribution in [1.29, 1.82) is 5.26 Å². The summed E-state index contributed by atoms with van der Waals surface area (Å²) in [4.78, 5) is 2.36. The summed E-state index contributed by atoms with van der Waals surface area (Å²) in [6, 6.07) is 12.6. The van der Waals surface area contributed by atoms with E-state index in [1.54, 1.807) is 0 Å². The third kappa shape index (κ3) is 2.55. The van der Waals surface area contributed by atoms with Gasteiger partial charge in [0, 0.05) is 19.0 Å². The summed E-state index contributed by atoms with van der Waals surface area (Å²) in [5.41, 5.74) is -0.0371. The number of hydrogen-bond acceptors (Lipinski definition) is 3. The number of piperidine rings is 1. The second kappa shape index (κ2) is 6.02. The van der Waals surface area contributed by atoms with E-state index in [9.17, 15) is 10.4 Å². The zero-order chi connectivity index (χ0) is 15.6. The fraction of sp³-hybridized carbons (Fsp3) is 0.632. The van der Waals surface area contributed by atoms with Crippen LogP contribution in [-0.4, -0.2) is 28.6 Å². The molecule has 3 heteroatoms. The highest BCUT2D eigenvalue weighted by Gasteiger charge is 2.46. The lowest BCUT2D eigenvalue weighted by Gasteiger charge is -2.50. The first-order chi connectivity index (χ1) is 10.6. The van der Waals surface area contributed by atoms with E-state index >= 15 is 0 Å². The number of nitriles is 1. The van der Waals surface area contributed by atoms with Crippen molar-refractivity contribution < 1.29 is 5.11 Å². The van der Waals surface area contributed by atoms with E-state index in [1.807, 2.05) is 30.3 Å². The average molecular weight is 298 g/mol. The van der Waals surface area contributed by atoms with Gasteiger partial charge < -0.3 is 5.11 Å². The quantitative estimate of drug-likeness (QED) is 0.910. The van der Waals surface area contributed by atoms with Crippen molar-refractivity contribution in [2.24, 2.45) is 5.92 Å². The fourth-order valence-electron chi connectivity index (χ4n) is 4.30. The van der Waals surface area contributed by atoms with Gasteiger partial charge in [-0.3, -0.25) is 4.90 Å². The van der Waals surface area contributed by atoms with Crippen molar-refractivity contribution in [2.45, 2.75) is 56.6 Å². The molecule has 1 N–H and O–H groups in total. The Morgan fingerprint density at radius 3 is 2.41 bits per heavy atom. The average Bonchev–Trinajstić information content (AvgIpc) is 2.59. The predicted molar refractivity (Wildman–Crippen MR) is 87.1 cm³/mol. The van der Waals surface area contributed by atoms with Gasteiger partial charge in [-0.25, -0.2) is 0 Å². The van der Waals surface area contributed by atoms with Crippen LogP contribution in [0.3, 0.4) is 0 Å². The molecule has 0 bridgehead atoms. The van der Waals surface area contributed by atoms with Crippen molar-refractivity contribution in [3.63, 3.8) is 0 Å². The van der Waals surface area contributed by atoms with Crippen LogP contribution in [0, 0.1) is 17.2 Å². The third-order valence-electron chi connectivity index (χ3n) is 5.84. The Hall–Kier alpha value is -1.37. The van der Waals surface area contributed by atoms with E-state index < -0.39 is 5.60 Å². The first-order valence-electron chi connectivity index (χ1n) is 8.55. The molecule has 1 aromatic rings. The van der Waals surface area contributed by atoms with Crippen LogP contribution >= 0.6 is 0 Å². The van der Waals surface area contributed by atoms with Gasteiger partial charge in [-0.15, -0.1) is 0 Å². The first kappa shape index (κ1) is 15.5. The largest absolute Gasteiger partial charge is 0.385 e. The van der Waals surface area contributed by atoms with Crippen LogP contribution in [0.4, 0.5) is 0 Å². The third-order valence-corrected chi connectivity index (χ3v) is 5.84. The van der Waals surface area contributed by atoms with Crippen LogP contribution in [0.15, 0.2) is 30.3 Å². The van der Waals surface area contributed by atoms with E-state index in [0.29, 0.717) is 6.42 Å². The van der Waals surface area contributed by atoms with Crippen molar-refractivity contribution in [3.8, 4) is 6.07 Å². The van der Waals surface area contributed by atoms with Gasteiger partial charge in [-0.2, -0.15) is 5.26 Å². The van der Waals surface area contributed by atoms with Crippen LogP contribution in [0.5, 0.6) is 0 Å². The Labute approximate surface area is 133 Å². The Bertz CT molecular complexity index is 544. The molecule has 22 heavy (non-hydrogen) atoms. The fourth-order valence-corrected chi connectivity index (χ4v) is 4.30. The van der Waals surface area contributed by atoms with Crippen LogP contribution in [0.25, 0.3) is 0 Å². The minimum atomic E-state index is -0.761. The van der Waals surface area contributed by atoms with E-state index in [0.717, 1.165) is 44.3 Å². The summed E-state index contributed by atoms with van der Waals surface area (Å²) in [6.45, 7) is 3.73. The van der Waals surface area contributed by atoms with Gasteiger partial charge in [0.25, 0.3) is 0 Å². The second-order valence-corrected chi connectivity index (χ2v) is 7.09. The minimum absolute atomic E-state index is 0.135. The van der Waals surface area contributed by atoms with Gasteiger partial charge >= 0.3 is 0 Å².